The second-order valence-corrected chi connectivity index (χ2v) is 5.00. The van der Waals surface area contributed by atoms with Crippen molar-refractivity contribution < 1.29 is 4.79 Å². The third-order valence-corrected chi connectivity index (χ3v) is 3.45. The van der Waals surface area contributed by atoms with E-state index in [4.69, 9.17) is 17.3 Å². The molecular weight excluding hydrogens is 250 g/mol. The lowest BCUT2D eigenvalue weighted by Gasteiger charge is -2.13. The van der Waals surface area contributed by atoms with E-state index in [-0.39, 0.29) is 0 Å². The molecule has 1 heterocycles. The molecule has 0 spiro atoms. The van der Waals surface area contributed by atoms with Gasteiger partial charge in [-0.15, -0.1) is 0 Å². The monoisotopic (exact) mass is 267 g/mol. The van der Waals surface area contributed by atoms with Crippen molar-refractivity contribution in [1.82, 2.24) is 5.32 Å². The average Bonchev–Trinajstić information content (AvgIpc) is 2.82. The summed E-state index contributed by atoms with van der Waals surface area (Å²) in [7, 11) is 0. The molecule has 4 nitrogen and oxygen atoms in total. The lowest BCUT2D eigenvalue weighted by Crippen LogP contribution is -2.24. The minimum Gasteiger partial charge on any atom is -0.384 e. The predicted molar refractivity (Wildman–Crippen MR) is 74.1 cm³/mol. The smallest absolute Gasteiger partial charge is 0.250 e. The second kappa shape index (κ2) is 6.07. The summed E-state index contributed by atoms with van der Waals surface area (Å²) < 4.78 is 0. The summed E-state index contributed by atoms with van der Waals surface area (Å²) in [5.41, 5.74) is 6.52. The number of halogens is 1. The molecule has 1 aliphatic rings. The van der Waals surface area contributed by atoms with Crippen molar-refractivity contribution in [3.05, 3.63) is 28.8 Å². The van der Waals surface area contributed by atoms with Crippen LogP contribution in [0.15, 0.2) is 18.2 Å². The molecule has 1 amide bonds. The Morgan fingerprint density at radius 1 is 1.56 bits per heavy atom. The molecule has 0 unspecified atom stereocenters. The van der Waals surface area contributed by atoms with E-state index in [0.717, 1.165) is 19.5 Å². The molecule has 0 aromatic heterocycles. The fourth-order valence-electron chi connectivity index (χ4n) is 2.26. The number of hydrogen-bond acceptors (Lipinski definition) is 3. The lowest BCUT2D eigenvalue weighted by atomic mass is 10.1. The van der Waals surface area contributed by atoms with Crippen molar-refractivity contribution in [3.63, 3.8) is 0 Å². The van der Waals surface area contributed by atoms with Gasteiger partial charge in [-0.2, -0.15) is 0 Å². The average molecular weight is 268 g/mol. The first-order valence-electron chi connectivity index (χ1n) is 6.23. The van der Waals surface area contributed by atoms with E-state index in [9.17, 15) is 4.79 Å². The third-order valence-electron chi connectivity index (χ3n) is 3.22. The minimum absolute atomic E-state index is 0.437. The van der Waals surface area contributed by atoms with E-state index in [1.165, 1.54) is 12.8 Å². The van der Waals surface area contributed by atoms with Gasteiger partial charge in [-0.3, -0.25) is 4.79 Å². The molecule has 1 atom stereocenters. The number of primary amides is 1. The Bertz CT molecular complexity index is 430. The number of carbonyl (C=O) groups is 1. The zero-order valence-electron chi connectivity index (χ0n) is 10.2. The van der Waals surface area contributed by atoms with Crippen LogP contribution in [0.3, 0.4) is 0 Å². The summed E-state index contributed by atoms with van der Waals surface area (Å²) in [6, 6.07) is 5.64. The number of carbonyl (C=O) groups excluding carboxylic acids is 1. The third kappa shape index (κ3) is 3.37. The highest BCUT2D eigenvalue weighted by Crippen LogP contribution is 2.21. The number of anilines is 1. The largest absolute Gasteiger partial charge is 0.384 e. The van der Waals surface area contributed by atoms with Crippen molar-refractivity contribution in [2.24, 2.45) is 5.73 Å². The van der Waals surface area contributed by atoms with Gasteiger partial charge in [0, 0.05) is 23.3 Å². The molecule has 18 heavy (non-hydrogen) atoms. The molecule has 5 heteroatoms. The maximum Gasteiger partial charge on any atom is 0.250 e. The normalized spacial score (nSPS) is 18.8. The summed E-state index contributed by atoms with van der Waals surface area (Å²) >= 11 is 5.92. The molecule has 0 saturated carbocycles. The zero-order chi connectivity index (χ0) is 13.0. The molecule has 1 saturated heterocycles. The Labute approximate surface area is 112 Å². The Balaban J connectivity index is 1.94. The highest BCUT2D eigenvalue weighted by molar-refractivity contribution is 6.31. The summed E-state index contributed by atoms with van der Waals surface area (Å²) in [4.78, 5) is 11.3. The molecule has 1 aromatic rings. The van der Waals surface area contributed by atoms with Crippen LogP contribution < -0.4 is 16.4 Å². The van der Waals surface area contributed by atoms with E-state index in [0.29, 0.717) is 22.3 Å². The Morgan fingerprint density at radius 2 is 2.39 bits per heavy atom. The van der Waals surface area contributed by atoms with Crippen molar-refractivity contribution in [1.29, 1.82) is 0 Å². The van der Waals surface area contributed by atoms with Gasteiger partial charge in [0.2, 0.25) is 0 Å². The van der Waals surface area contributed by atoms with Gasteiger partial charge in [-0.05, 0) is 44.0 Å². The van der Waals surface area contributed by atoms with Crippen molar-refractivity contribution in [2.75, 3.05) is 18.4 Å². The van der Waals surface area contributed by atoms with E-state index in [1.807, 2.05) is 0 Å². The van der Waals surface area contributed by atoms with Crippen LogP contribution in [0.2, 0.25) is 5.02 Å². The van der Waals surface area contributed by atoms with Gasteiger partial charge in [-0.25, -0.2) is 0 Å². The number of rotatable bonds is 5. The van der Waals surface area contributed by atoms with Crippen LogP contribution in [-0.2, 0) is 0 Å². The number of hydrogen-bond donors (Lipinski definition) is 3. The van der Waals surface area contributed by atoms with E-state index < -0.39 is 5.91 Å². The Morgan fingerprint density at radius 3 is 3.06 bits per heavy atom. The van der Waals surface area contributed by atoms with Crippen LogP contribution >= 0.6 is 11.6 Å². The van der Waals surface area contributed by atoms with Gasteiger partial charge in [0.1, 0.15) is 0 Å². The molecule has 1 fully saturated rings. The van der Waals surface area contributed by atoms with Crippen molar-refractivity contribution >= 4 is 23.2 Å². The first-order chi connectivity index (χ1) is 8.66. The summed E-state index contributed by atoms with van der Waals surface area (Å²) in [5.74, 6) is -0.437. The second-order valence-electron chi connectivity index (χ2n) is 4.56. The SMILES string of the molecule is NC(=O)c1ccc(Cl)cc1NCC[C@@H]1CCCN1. The van der Waals surface area contributed by atoms with Gasteiger partial charge in [0.05, 0.1) is 5.56 Å². The first kappa shape index (κ1) is 13.2. The molecule has 1 aliphatic heterocycles. The van der Waals surface area contributed by atoms with Crippen LogP contribution in [0.25, 0.3) is 0 Å². The fraction of sp³-hybridized carbons (Fsp3) is 0.462. The predicted octanol–water partition coefficient (Wildman–Crippen LogP) is 1.99. The standard InChI is InChI=1S/C13H18ClN3O/c14-9-3-4-11(13(15)18)12(8-9)17-7-5-10-2-1-6-16-10/h3-4,8,10,16-17H,1-2,5-7H2,(H2,15,18)/t10-/m0/s1. The molecule has 1 aromatic carbocycles. The maximum absolute atomic E-state index is 11.3. The molecule has 4 N–H and O–H groups in total. The van der Waals surface area contributed by atoms with Gasteiger partial charge in [-0.1, -0.05) is 11.6 Å². The minimum atomic E-state index is -0.437. The number of benzene rings is 1. The van der Waals surface area contributed by atoms with E-state index in [2.05, 4.69) is 10.6 Å². The number of nitrogens with two attached hydrogens (primary N) is 1. The lowest BCUT2D eigenvalue weighted by molar-refractivity contribution is 0.100. The van der Waals surface area contributed by atoms with Gasteiger partial charge in [0.15, 0.2) is 0 Å². The van der Waals surface area contributed by atoms with Gasteiger partial charge < -0.3 is 16.4 Å². The van der Waals surface area contributed by atoms with Crippen LogP contribution in [0.4, 0.5) is 5.69 Å². The van der Waals surface area contributed by atoms with Crippen molar-refractivity contribution in [3.8, 4) is 0 Å². The quantitative estimate of drug-likeness (QED) is 0.764. The molecule has 2 rings (SSSR count). The maximum atomic E-state index is 11.3. The Kier molecular flexibility index (Phi) is 4.44. The molecule has 0 aliphatic carbocycles. The highest BCUT2D eigenvalue weighted by Gasteiger charge is 2.14. The molecule has 0 radical (unpaired) electrons. The van der Waals surface area contributed by atoms with Crippen LogP contribution in [-0.4, -0.2) is 25.0 Å². The summed E-state index contributed by atoms with van der Waals surface area (Å²) in [6.45, 7) is 1.91. The molecule has 0 bridgehead atoms. The zero-order valence-corrected chi connectivity index (χ0v) is 11.0. The number of amides is 1. The Hall–Kier alpha value is -1.26. The number of nitrogens with one attached hydrogen (secondary N) is 2. The summed E-state index contributed by atoms with van der Waals surface area (Å²) in [5, 5.41) is 7.27. The summed E-state index contributed by atoms with van der Waals surface area (Å²) in [6.07, 6.45) is 3.50. The molecule has 98 valence electrons. The van der Waals surface area contributed by atoms with E-state index in [1.54, 1.807) is 18.2 Å². The van der Waals surface area contributed by atoms with Crippen LogP contribution in [0.5, 0.6) is 0 Å². The molecular formula is C13H18ClN3O. The van der Waals surface area contributed by atoms with Gasteiger partial charge in [0.25, 0.3) is 5.91 Å². The van der Waals surface area contributed by atoms with Crippen LogP contribution in [0, 0.1) is 0 Å². The topological polar surface area (TPSA) is 67.2 Å². The van der Waals surface area contributed by atoms with Crippen LogP contribution in [0.1, 0.15) is 29.6 Å². The van der Waals surface area contributed by atoms with E-state index >= 15 is 0 Å². The fourth-order valence-corrected chi connectivity index (χ4v) is 2.43. The van der Waals surface area contributed by atoms with Crippen molar-refractivity contribution in [2.45, 2.75) is 25.3 Å². The highest BCUT2D eigenvalue weighted by atomic mass is 35.5. The first-order valence-corrected chi connectivity index (χ1v) is 6.61. The van der Waals surface area contributed by atoms with Gasteiger partial charge >= 0.3 is 0 Å².